The molecule has 0 radical (unpaired) electrons. The van der Waals surface area contributed by atoms with Crippen LogP contribution in [0.1, 0.15) is 0 Å². The van der Waals surface area contributed by atoms with E-state index >= 15 is 0 Å². The maximum absolute atomic E-state index is 12.2. The minimum atomic E-state index is -3.52. The number of rotatable bonds is 4. The molecule has 1 saturated heterocycles. The van der Waals surface area contributed by atoms with Gasteiger partial charge in [-0.1, -0.05) is 0 Å². The summed E-state index contributed by atoms with van der Waals surface area (Å²) in [4.78, 5) is 4.19. The molecule has 0 atom stereocenters. The fraction of sp³-hybridized carbons (Fsp3) is 0.333. The zero-order valence-electron chi connectivity index (χ0n) is 11.3. The molecule has 0 saturated carbocycles. The first-order valence-corrected chi connectivity index (χ1v) is 8.04. The molecule has 0 spiro atoms. The molecule has 1 fully saturated rings. The molecule has 1 aliphatic rings. The van der Waals surface area contributed by atoms with Gasteiger partial charge in [0.25, 0.3) is 0 Å². The van der Waals surface area contributed by atoms with Crippen LogP contribution < -0.4 is 10.0 Å². The average molecular weight is 308 g/mol. The van der Waals surface area contributed by atoms with Crippen LogP contribution in [-0.2, 0) is 10.2 Å². The number of piperazine rings is 1. The molecule has 0 bridgehead atoms. The summed E-state index contributed by atoms with van der Waals surface area (Å²) in [6.07, 6.45) is 4.91. The van der Waals surface area contributed by atoms with Gasteiger partial charge >= 0.3 is 10.2 Å². The molecule has 21 heavy (non-hydrogen) atoms. The SMILES string of the molecule is O=S(=O)(Nc1ccc(-n2cccn2)nc1)N1CCNCC1. The predicted molar refractivity (Wildman–Crippen MR) is 78.3 cm³/mol. The van der Waals surface area contributed by atoms with Crippen LogP contribution in [0.15, 0.2) is 36.8 Å². The smallest absolute Gasteiger partial charge is 0.301 e. The number of anilines is 1. The largest absolute Gasteiger partial charge is 0.314 e. The third-order valence-corrected chi connectivity index (χ3v) is 4.69. The van der Waals surface area contributed by atoms with Crippen LogP contribution in [0.4, 0.5) is 5.69 Å². The molecule has 3 rings (SSSR count). The van der Waals surface area contributed by atoms with E-state index in [4.69, 9.17) is 0 Å². The van der Waals surface area contributed by atoms with E-state index in [0.29, 0.717) is 37.7 Å². The fourth-order valence-corrected chi connectivity index (χ4v) is 3.30. The summed E-state index contributed by atoms with van der Waals surface area (Å²) in [5.74, 6) is 0.630. The van der Waals surface area contributed by atoms with E-state index < -0.39 is 10.2 Å². The van der Waals surface area contributed by atoms with Crippen molar-refractivity contribution in [1.82, 2.24) is 24.4 Å². The van der Waals surface area contributed by atoms with E-state index in [1.807, 2.05) is 0 Å². The summed E-state index contributed by atoms with van der Waals surface area (Å²) in [6.45, 7) is 2.26. The van der Waals surface area contributed by atoms with Gasteiger partial charge in [-0.05, 0) is 18.2 Å². The molecule has 2 N–H and O–H groups in total. The molecule has 112 valence electrons. The molecule has 0 amide bonds. The highest BCUT2D eigenvalue weighted by Crippen LogP contribution is 2.13. The minimum Gasteiger partial charge on any atom is -0.314 e. The number of aromatic nitrogens is 3. The van der Waals surface area contributed by atoms with Gasteiger partial charge in [0.05, 0.1) is 11.9 Å². The van der Waals surface area contributed by atoms with Gasteiger partial charge in [-0.2, -0.15) is 17.8 Å². The van der Waals surface area contributed by atoms with Crippen molar-refractivity contribution >= 4 is 15.9 Å². The molecule has 0 aliphatic carbocycles. The van der Waals surface area contributed by atoms with Crippen molar-refractivity contribution in [3.05, 3.63) is 36.8 Å². The lowest BCUT2D eigenvalue weighted by Gasteiger charge is -2.26. The molecule has 0 unspecified atom stereocenters. The first-order valence-electron chi connectivity index (χ1n) is 6.60. The minimum absolute atomic E-state index is 0.435. The molecule has 2 aromatic heterocycles. The van der Waals surface area contributed by atoms with E-state index in [1.165, 1.54) is 10.5 Å². The number of nitrogens with zero attached hydrogens (tertiary/aromatic N) is 4. The highest BCUT2D eigenvalue weighted by Gasteiger charge is 2.23. The maximum Gasteiger partial charge on any atom is 0.301 e. The van der Waals surface area contributed by atoms with Gasteiger partial charge in [0, 0.05) is 38.6 Å². The van der Waals surface area contributed by atoms with E-state index in [1.54, 1.807) is 35.3 Å². The summed E-state index contributed by atoms with van der Waals surface area (Å²) in [6, 6.07) is 5.18. The Hall–Kier alpha value is -1.97. The summed E-state index contributed by atoms with van der Waals surface area (Å²) >= 11 is 0. The summed E-state index contributed by atoms with van der Waals surface area (Å²) in [5, 5.41) is 7.18. The zero-order chi connectivity index (χ0) is 14.7. The highest BCUT2D eigenvalue weighted by atomic mass is 32.2. The maximum atomic E-state index is 12.2. The fourth-order valence-electron chi connectivity index (χ4n) is 2.08. The Balaban J connectivity index is 1.72. The molecule has 8 nitrogen and oxygen atoms in total. The van der Waals surface area contributed by atoms with Gasteiger partial charge in [-0.3, -0.25) is 4.72 Å². The van der Waals surface area contributed by atoms with Crippen molar-refractivity contribution in [1.29, 1.82) is 0 Å². The van der Waals surface area contributed by atoms with Gasteiger partial charge in [0.1, 0.15) is 0 Å². The topological polar surface area (TPSA) is 92.1 Å². The zero-order valence-corrected chi connectivity index (χ0v) is 12.1. The van der Waals surface area contributed by atoms with Gasteiger partial charge in [-0.25, -0.2) is 9.67 Å². The Bertz CT molecular complexity index is 677. The lowest BCUT2D eigenvalue weighted by Crippen LogP contribution is -2.48. The molecule has 2 aromatic rings. The van der Waals surface area contributed by atoms with Crippen molar-refractivity contribution in [3.8, 4) is 5.82 Å². The van der Waals surface area contributed by atoms with Gasteiger partial charge in [0.2, 0.25) is 0 Å². The first kappa shape index (κ1) is 14.0. The second kappa shape index (κ2) is 5.80. The third-order valence-electron chi connectivity index (χ3n) is 3.15. The number of nitrogens with one attached hydrogen (secondary N) is 2. The van der Waals surface area contributed by atoms with Crippen molar-refractivity contribution in [2.45, 2.75) is 0 Å². The molecular weight excluding hydrogens is 292 g/mol. The van der Waals surface area contributed by atoms with Crippen LogP contribution in [0.3, 0.4) is 0 Å². The van der Waals surface area contributed by atoms with E-state index in [2.05, 4.69) is 20.1 Å². The quantitative estimate of drug-likeness (QED) is 0.818. The summed E-state index contributed by atoms with van der Waals surface area (Å²) in [7, 11) is -3.52. The molecule has 9 heteroatoms. The Labute approximate surface area is 123 Å². The van der Waals surface area contributed by atoms with Crippen molar-refractivity contribution in [3.63, 3.8) is 0 Å². The second-order valence-electron chi connectivity index (χ2n) is 4.61. The van der Waals surface area contributed by atoms with Crippen LogP contribution in [-0.4, -0.2) is 53.7 Å². The van der Waals surface area contributed by atoms with Crippen LogP contribution in [0.5, 0.6) is 0 Å². The predicted octanol–water partition coefficient (Wildman–Crippen LogP) is -0.171. The van der Waals surface area contributed by atoms with E-state index in [9.17, 15) is 8.42 Å². The first-order chi connectivity index (χ1) is 10.1. The van der Waals surface area contributed by atoms with Crippen molar-refractivity contribution < 1.29 is 8.42 Å². The van der Waals surface area contributed by atoms with Crippen LogP contribution >= 0.6 is 0 Å². The van der Waals surface area contributed by atoms with Gasteiger partial charge in [-0.15, -0.1) is 0 Å². The molecule has 1 aliphatic heterocycles. The molecular formula is C12H16N6O2S. The Morgan fingerprint density at radius 1 is 1.24 bits per heavy atom. The third kappa shape index (κ3) is 3.20. The molecule has 3 heterocycles. The normalized spacial score (nSPS) is 16.8. The van der Waals surface area contributed by atoms with Gasteiger partial charge in [0.15, 0.2) is 5.82 Å². The van der Waals surface area contributed by atoms with Crippen LogP contribution in [0, 0.1) is 0 Å². The second-order valence-corrected chi connectivity index (χ2v) is 6.28. The van der Waals surface area contributed by atoms with E-state index in [-0.39, 0.29) is 0 Å². The van der Waals surface area contributed by atoms with Crippen molar-refractivity contribution in [2.24, 2.45) is 0 Å². The number of pyridine rings is 1. The molecule has 0 aromatic carbocycles. The number of hydrogen-bond acceptors (Lipinski definition) is 5. The Morgan fingerprint density at radius 2 is 2.05 bits per heavy atom. The lowest BCUT2D eigenvalue weighted by atomic mass is 10.4. The van der Waals surface area contributed by atoms with Crippen LogP contribution in [0.2, 0.25) is 0 Å². The highest BCUT2D eigenvalue weighted by molar-refractivity contribution is 7.90. The summed E-state index contributed by atoms with van der Waals surface area (Å²) < 4.78 is 30.0. The number of hydrogen-bond donors (Lipinski definition) is 2. The van der Waals surface area contributed by atoms with E-state index in [0.717, 1.165) is 0 Å². The van der Waals surface area contributed by atoms with Crippen molar-refractivity contribution in [2.75, 3.05) is 30.9 Å². The average Bonchev–Trinajstić information content (AvgIpc) is 3.03. The Morgan fingerprint density at radius 3 is 2.67 bits per heavy atom. The van der Waals surface area contributed by atoms with Gasteiger partial charge < -0.3 is 5.32 Å². The standard InChI is InChI=1S/C12H16N6O2S/c19-21(20,17-8-5-13-6-9-17)16-11-2-3-12(14-10-11)18-7-1-4-15-18/h1-4,7,10,13,16H,5-6,8-9H2. The lowest BCUT2D eigenvalue weighted by molar-refractivity contribution is 0.362. The van der Waals surface area contributed by atoms with Crippen LogP contribution in [0.25, 0.3) is 5.82 Å². The summed E-state index contributed by atoms with van der Waals surface area (Å²) in [5.41, 5.74) is 0.435. The Kier molecular flexibility index (Phi) is 3.86. The monoisotopic (exact) mass is 308 g/mol.